The fourth-order valence-corrected chi connectivity index (χ4v) is 7.75. The van der Waals surface area contributed by atoms with Crippen LogP contribution in [0.15, 0.2) is 36.4 Å². The number of alkyl halides is 3. The number of anilines is 2. The number of hydrogen-bond donors (Lipinski definition) is 1. The number of alkyl carbamates (subject to hydrolysis) is 1. The van der Waals surface area contributed by atoms with Gasteiger partial charge >= 0.3 is 18.4 Å². The lowest BCUT2D eigenvalue weighted by Crippen LogP contribution is -2.50. The van der Waals surface area contributed by atoms with E-state index in [1.165, 1.54) is 12.0 Å². The van der Waals surface area contributed by atoms with Crippen LogP contribution >= 0.6 is 11.6 Å². The summed E-state index contributed by atoms with van der Waals surface area (Å²) < 4.78 is 51.5. The van der Waals surface area contributed by atoms with Crippen LogP contribution in [0.4, 0.5) is 34.3 Å². The molecule has 1 spiro atoms. The summed E-state index contributed by atoms with van der Waals surface area (Å²) in [6.45, 7) is 13.7. The van der Waals surface area contributed by atoms with Crippen molar-refractivity contribution in [3.05, 3.63) is 52.7 Å². The molecule has 1 unspecified atom stereocenters. The predicted molar refractivity (Wildman–Crippen MR) is 202 cm³/mol. The molecule has 0 saturated carbocycles. The van der Waals surface area contributed by atoms with Crippen LogP contribution in [0.1, 0.15) is 90.2 Å². The number of piperazine rings is 1. The maximum absolute atomic E-state index is 13.4. The van der Waals surface area contributed by atoms with Gasteiger partial charge in [-0.2, -0.15) is 13.2 Å². The summed E-state index contributed by atoms with van der Waals surface area (Å²) in [6, 6.07) is 10.6. The fourth-order valence-electron chi connectivity index (χ4n) is 7.55. The van der Waals surface area contributed by atoms with E-state index in [1.54, 1.807) is 4.90 Å². The summed E-state index contributed by atoms with van der Waals surface area (Å²) in [7, 11) is 0. The number of pyridine rings is 1. The van der Waals surface area contributed by atoms with E-state index in [4.69, 9.17) is 21.1 Å². The van der Waals surface area contributed by atoms with Crippen LogP contribution < -0.4 is 15.1 Å². The van der Waals surface area contributed by atoms with Gasteiger partial charge in [0, 0.05) is 76.9 Å². The van der Waals surface area contributed by atoms with Crippen molar-refractivity contribution >= 4 is 35.3 Å². The van der Waals surface area contributed by atoms with E-state index in [1.807, 2.05) is 37.8 Å². The number of piperidine rings is 1. The van der Waals surface area contributed by atoms with Gasteiger partial charge in [0.25, 0.3) is 0 Å². The van der Waals surface area contributed by atoms with Crippen LogP contribution in [-0.2, 0) is 22.1 Å². The van der Waals surface area contributed by atoms with Crippen LogP contribution in [0, 0.1) is 0 Å². The molecule has 0 bridgehead atoms. The summed E-state index contributed by atoms with van der Waals surface area (Å²) in [5.41, 5.74) is 0.251. The van der Waals surface area contributed by atoms with Gasteiger partial charge in [0.15, 0.2) is 0 Å². The molecule has 1 aromatic carbocycles. The molecule has 1 atom stereocenters. The van der Waals surface area contributed by atoms with E-state index in [9.17, 15) is 22.8 Å². The van der Waals surface area contributed by atoms with Gasteiger partial charge in [-0.3, -0.25) is 9.80 Å². The van der Waals surface area contributed by atoms with Crippen LogP contribution in [0.25, 0.3) is 0 Å². The first-order valence-electron chi connectivity index (χ1n) is 19.2. The standard InChI is InChI=1S/C39H56ClF3N6O4/c1-5-6-7-10-31(47-22-24-48(25-23-47)34-27-30(39(41,42)43)26-33(40)45-34)11-8-9-29-12-14-32(15-13-29)49-28-38(53-36(49)51)16-19-46(20-17-38)21-18-44-35(50)52-37(2,3)4/h12-15,26-27,31H,5-11,16-25,28H2,1-4H3,(H,44,50). The van der Waals surface area contributed by atoms with Crippen LogP contribution in [0.2, 0.25) is 5.15 Å². The number of unbranched alkanes of at least 4 members (excludes halogenated alkanes) is 2. The molecule has 10 nitrogen and oxygen atoms in total. The van der Waals surface area contributed by atoms with E-state index in [0.717, 1.165) is 95.4 Å². The van der Waals surface area contributed by atoms with Gasteiger partial charge in [0.2, 0.25) is 0 Å². The van der Waals surface area contributed by atoms with E-state index < -0.39 is 29.0 Å². The van der Waals surface area contributed by atoms with Gasteiger partial charge < -0.3 is 24.6 Å². The molecule has 0 radical (unpaired) electrons. The third kappa shape index (κ3) is 11.8. The average molecular weight is 765 g/mol. The van der Waals surface area contributed by atoms with E-state index in [2.05, 4.69) is 39.2 Å². The maximum atomic E-state index is 13.4. The highest BCUT2D eigenvalue weighted by molar-refractivity contribution is 6.29. The van der Waals surface area contributed by atoms with Crippen molar-refractivity contribution in [2.24, 2.45) is 0 Å². The van der Waals surface area contributed by atoms with Gasteiger partial charge in [-0.15, -0.1) is 0 Å². The summed E-state index contributed by atoms with van der Waals surface area (Å²) in [5.74, 6) is 0.278. The zero-order valence-electron chi connectivity index (χ0n) is 31.7. The van der Waals surface area contributed by atoms with Crippen molar-refractivity contribution in [3.8, 4) is 0 Å². The van der Waals surface area contributed by atoms with Crippen LogP contribution in [0.3, 0.4) is 0 Å². The molecule has 4 heterocycles. The monoisotopic (exact) mass is 764 g/mol. The van der Waals surface area contributed by atoms with Gasteiger partial charge in [-0.1, -0.05) is 49.9 Å². The first-order chi connectivity index (χ1) is 25.1. The number of ether oxygens (including phenoxy) is 2. The van der Waals surface area contributed by atoms with Crippen molar-refractivity contribution < 1.29 is 32.2 Å². The lowest BCUT2D eigenvalue weighted by molar-refractivity contribution is -0.137. The van der Waals surface area contributed by atoms with Crippen LogP contribution in [0.5, 0.6) is 0 Å². The lowest BCUT2D eigenvalue weighted by atomic mass is 9.91. The quantitative estimate of drug-likeness (QED) is 0.152. The number of amides is 2. The summed E-state index contributed by atoms with van der Waals surface area (Å²) >= 11 is 5.96. The van der Waals surface area contributed by atoms with E-state index >= 15 is 0 Å². The Morgan fingerprint density at radius 1 is 1.00 bits per heavy atom. The third-order valence-corrected chi connectivity index (χ3v) is 10.7. The minimum absolute atomic E-state index is 0.146. The maximum Gasteiger partial charge on any atom is 0.416 e. The molecule has 2 aromatic rings. The molecule has 53 heavy (non-hydrogen) atoms. The average Bonchev–Trinajstić information content (AvgIpc) is 3.42. The molecule has 294 valence electrons. The van der Waals surface area contributed by atoms with E-state index in [-0.39, 0.29) is 17.1 Å². The van der Waals surface area contributed by atoms with Crippen molar-refractivity contribution in [2.75, 3.05) is 68.7 Å². The normalized spacial score (nSPS) is 19.1. The van der Waals surface area contributed by atoms with Gasteiger partial charge in [-0.05, 0) is 76.3 Å². The zero-order valence-corrected chi connectivity index (χ0v) is 32.4. The Morgan fingerprint density at radius 3 is 2.32 bits per heavy atom. The second-order valence-corrected chi connectivity index (χ2v) is 16.1. The molecule has 3 aliphatic heterocycles. The second-order valence-electron chi connectivity index (χ2n) is 15.7. The minimum atomic E-state index is -4.47. The highest BCUT2D eigenvalue weighted by Crippen LogP contribution is 2.36. The largest absolute Gasteiger partial charge is 0.444 e. The Labute approximate surface area is 317 Å². The van der Waals surface area contributed by atoms with Crippen molar-refractivity contribution in [1.82, 2.24) is 20.1 Å². The third-order valence-electron chi connectivity index (χ3n) is 10.5. The first kappa shape index (κ1) is 40.9. The molecule has 3 fully saturated rings. The topological polar surface area (TPSA) is 90.5 Å². The van der Waals surface area contributed by atoms with Crippen LogP contribution in [-0.4, -0.2) is 103 Å². The Morgan fingerprint density at radius 2 is 1.68 bits per heavy atom. The number of likely N-dealkylation sites (tertiary alicyclic amines) is 1. The minimum Gasteiger partial charge on any atom is -0.444 e. The molecular formula is C39H56ClF3N6O4. The molecule has 2 amide bonds. The highest BCUT2D eigenvalue weighted by atomic mass is 35.5. The number of rotatable bonds is 14. The SMILES string of the molecule is CCCCCC(CCCc1ccc(N2CC3(CCN(CCNC(=O)OC(C)(C)C)CC3)OC2=O)cc1)N1CCN(c2cc(C(F)(F)F)cc(Cl)n2)CC1. The molecule has 1 N–H and O–H groups in total. The number of halogens is 4. The Balaban J connectivity index is 1.07. The molecule has 3 saturated heterocycles. The smallest absolute Gasteiger partial charge is 0.416 e. The molecule has 1 aromatic heterocycles. The zero-order chi connectivity index (χ0) is 38.2. The number of carbonyl (C=O) groups is 2. The Hall–Kier alpha value is -3.29. The number of nitrogens with zero attached hydrogens (tertiary/aromatic N) is 5. The molecular weight excluding hydrogens is 709 g/mol. The number of aryl methyl sites for hydroxylation is 1. The summed E-state index contributed by atoms with van der Waals surface area (Å²) in [5, 5.41) is 2.67. The van der Waals surface area contributed by atoms with Crippen molar-refractivity contribution in [1.29, 1.82) is 0 Å². The second kappa shape index (κ2) is 17.9. The molecule has 3 aliphatic rings. The molecule has 0 aliphatic carbocycles. The highest BCUT2D eigenvalue weighted by Gasteiger charge is 2.47. The Kier molecular flexibility index (Phi) is 13.8. The van der Waals surface area contributed by atoms with Gasteiger partial charge in [0.05, 0.1) is 12.1 Å². The Bertz CT molecular complexity index is 1510. The van der Waals surface area contributed by atoms with Gasteiger partial charge in [0.1, 0.15) is 22.2 Å². The number of carbonyl (C=O) groups excluding carboxylic acids is 2. The van der Waals surface area contributed by atoms with Gasteiger partial charge in [-0.25, -0.2) is 14.6 Å². The summed E-state index contributed by atoms with van der Waals surface area (Å²) in [6.07, 6.45) is 3.83. The number of benzene rings is 1. The van der Waals surface area contributed by atoms with Crippen molar-refractivity contribution in [2.45, 2.75) is 109 Å². The van der Waals surface area contributed by atoms with Crippen molar-refractivity contribution in [3.63, 3.8) is 0 Å². The first-order valence-corrected chi connectivity index (χ1v) is 19.5. The predicted octanol–water partition coefficient (Wildman–Crippen LogP) is 8.16. The number of nitrogens with one attached hydrogen (secondary N) is 1. The number of aromatic nitrogens is 1. The van der Waals surface area contributed by atoms with E-state index in [0.29, 0.717) is 38.8 Å². The lowest BCUT2D eigenvalue weighted by Gasteiger charge is -2.40. The molecule has 5 rings (SSSR count). The fraction of sp³-hybridized carbons (Fsp3) is 0.667. The summed E-state index contributed by atoms with van der Waals surface area (Å²) in [4.78, 5) is 37.6. The molecule has 14 heteroatoms. The number of hydrogen-bond acceptors (Lipinski definition) is 8.